The fraction of sp³-hybridized carbons (Fsp3) is 0.105. The first-order valence-corrected chi connectivity index (χ1v) is 9.67. The Labute approximate surface area is 152 Å². The molecular formula is C19H13ClO2S2. The zero-order chi connectivity index (χ0) is 16.5. The third kappa shape index (κ3) is 2.86. The molecule has 3 aromatic rings. The van der Waals surface area contributed by atoms with Crippen LogP contribution in [0.4, 0.5) is 0 Å². The fourth-order valence-corrected chi connectivity index (χ4v) is 5.31. The lowest BCUT2D eigenvalue weighted by Gasteiger charge is -2.17. The van der Waals surface area contributed by atoms with E-state index >= 15 is 0 Å². The van der Waals surface area contributed by atoms with Crippen LogP contribution in [-0.2, 0) is 0 Å². The van der Waals surface area contributed by atoms with E-state index in [0.29, 0.717) is 17.4 Å². The first kappa shape index (κ1) is 15.8. The van der Waals surface area contributed by atoms with Crippen molar-refractivity contribution in [3.63, 3.8) is 0 Å². The van der Waals surface area contributed by atoms with E-state index in [9.17, 15) is 4.79 Å². The van der Waals surface area contributed by atoms with Gasteiger partial charge in [-0.3, -0.25) is 4.79 Å². The van der Waals surface area contributed by atoms with Gasteiger partial charge in [0.25, 0.3) is 0 Å². The van der Waals surface area contributed by atoms with Crippen LogP contribution >= 0.6 is 34.7 Å². The summed E-state index contributed by atoms with van der Waals surface area (Å²) >= 11 is 9.52. The highest BCUT2D eigenvalue weighted by Gasteiger charge is 2.20. The van der Waals surface area contributed by atoms with Crippen LogP contribution in [-0.4, -0.2) is 12.4 Å². The van der Waals surface area contributed by atoms with Crippen LogP contribution in [0, 0.1) is 0 Å². The number of benzene rings is 2. The minimum atomic E-state index is 0.0839. The Morgan fingerprint density at radius 1 is 1.08 bits per heavy atom. The van der Waals surface area contributed by atoms with E-state index in [1.165, 1.54) is 0 Å². The largest absolute Gasteiger partial charge is 0.487 e. The quantitative estimate of drug-likeness (QED) is 0.608. The second-order valence-electron chi connectivity index (χ2n) is 5.35. The Morgan fingerprint density at radius 2 is 1.88 bits per heavy atom. The number of ether oxygens (including phenoxy) is 1. The molecule has 0 amide bonds. The first-order chi connectivity index (χ1) is 11.7. The van der Waals surface area contributed by atoms with E-state index in [-0.39, 0.29) is 5.43 Å². The molecule has 4 rings (SSSR count). The highest BCUT2D eigenvalue weighted by molar-refractivity contribution is 8.01. The summed E-state index contributed by atoms with van der Waals surface area (Å²) in [5.41, 5.74) is 1.80. The smallest absolute Gasteiger partial charge is 0.196 e. The van der Waals surface area contributed by atoms with Gasteiger partial charge in [0.1, 0.15) is 12.4 Å². The van der Waals surface area contributed by atoms with E-state index < -0.39 is 0 Å². The van der Waals surface area contributed by atoms with Crippen molar-refractivity contribution in [2.75, 3.05) is 12.4 Å². The standard InChI is InChI=1S/C19H13ClO2S2/c20-14-6-2-3-7-15(14)22-11-12-9-10-23-19-17(12)18(21)13-5-1-4-8-16(13)24-19/h1-9H,10-11H2. The molecule has 2 nitrogen and oxygen atoms in total. The van der Waals surface area contributed by atoms with Crippen molar-refractivity contribution < 1.29 is 4.74 Å². The van der Waals surface area contributed by atoms with E-state index in [0.717, 1.165) is 31.2 Å². The van der Waals surface area contributed by atoms with Gasteiger partial charge in [-0.25, -0.2) is 0 Å². The molecular weight excluding hydrogens is 360 g/mol. The molecule has 1 aliphatic heterocycles. The summed E-state index contributed by atoms with van der Waals surface area (Å²) in [4.78, 5) is 12.9. The van der Waals surface area contributed by atoms with Crippen molar-refractivity contribution in [3.05, 3.63) is 75.4 Å². The van der Waals surface area contributed by atoms with Crippen molar-refractivity contribution in [2.24, 2.45) is 0 Å². The SMILES string of the molecule is O=c1c2c(sc3ccccc13)SCC=C2COc1ccccc1Cl. The summed E-state index contributed by atoms with van der Waals surface area (Å²) in [5, 5.41) is 1.35. The zero-order valence-electron chi connectivity index (χ0n) is 12.6. The molecule has 5 heteroatoms. The second kappa shape index (κ2) is 6.63. The number of fused-ring (bicyclic) bond motifs is 2. The number of hydrogen-bond donors (Lipinski definition) is 0. The van der Waals surface area contributed by atoms with E-state index in [2.05, 4.69) is 6.08 Å². The van der Waals surface area contributed by atoms with Gasteiger partial charge in [-0.15, -0.1) is 23.1 Å². The zero-order valence-corrected chi connectivity index (χ0v) is 15.0. The summed E-state index contributed by atoms with van der Waals surface area (Å²) in [5.74, 6) is 1.49. The van der Waals surface area contributed by atoms with E-state index in [4.69, 9.17) is 16.3 Å². The van der Waals surface area contributed by atoms with Crippen molar-refractivity contribution in [3.8, 4) is 5.75 Å². The molecule has 120 valence electrons. The van der Waals surface area contributed by atoms with Gasteiger partial charge in [0.15, 0.2) is 5.43 Å². The van der Waals surface area contributed by atoms with Crippen molar-refractivity contribution in [1.29, 1.82) is 0 Å². The summed E-state index contributed by atoms with van der Waals surface area (Å²) in [7, 11) is 0. The molecule has 0 atom stereocenters. The van der Waals surface area contributed by atoms with Crippen LogP contribution < -0.4 is 10.2 Å². The Kier molecular flexibility index (Phi) is 4.35. The molecule has 2 aromatic carbocycles. The molecule has 1 aromatic heterocycles. The molecule has 0 radical (unpaired) electrons. The topological polar surface area (TPSA) is 26.3 Å². The molecule has 0 saturated carbocycles. The minimum absolute atomic E-state index is 0.0839. The Bertz CT molecular complexity index is 1010. The van der Waals surface area contributed by atoms with Crippen molar-refractivity contribution in [1.82, 2.24) is 0 Å². The average molecular weight is 373 g/mol. The monoisotopic (exact) mass is 372 g/mol. The number of hydrogen-bond acceptors (Lipinski definition) is 4. The van der Waals surface area contributed by atoms with Crippen LogP contribution in [0.2, 0.25) is 5.02 Å². The summed E-state index contributed by atoms with van der Waals surface area (Å²) in [6.45, 7) is 0.345. The van der Waals surface area contributed by atoms with Gasteiger partial charge in [0.2, 0.25) is 0 Å². The van der Waals surface area contributed by atoms with Gasteiger partial charge in [-0.05, 0) is 29.8 Å². The molecule has 0 aliphatic carbocycles. The summed E-state index contributed by atoms with van der Waals surface area (Å²) in [6, 6.07) is 15.1. The maximum Gasteiger partial charge on any atom is 0.196 e. The number of halogens is 1. The molecule has 24 heavy (non-hydrogen) atoms. The van der Waals surface area contributed by atoms with Gasteiger partial charge < -0.3 is 4.74 Å². The predicted octanol–water partition coefficient (Wildman–Crippen LogP) is 5.48. The van der Waals surface area contributed by atoms with Crippen LogP contribution in [0.1, 0.15) is 5.56 Å². The molecule has 0 bridgehead atoms. The first-order valence-electron chi connectivity index (χ1n) is 7.49. The number of thioether (sulfide) groups is 1. The fourth-order valence-electron chi connectivity index (χ4n) is 2.67. The lowest BCUT2D eigenvalue weighted by Crippen LogP contribution is -2.15. The van der Waals surface area contributed by atoms with Gasteiger partial charge in [-0.2, -0.15) is 0 Å². The van der Waals surface area contributed by atoms with Gasteiger partial charge in [0, 0.05) is 15.8 Å². The van der Waals surface area contributed by atoms with Crippen LogP contribution in [0.5, 0.6) is 5.75 Å². The molecule has 1 aliphatic rings. The summed E-state index contributed by atoms with van der Waals surface area (Å²) in [6.07, 6.45) is 2.08. The highest BCUT2D eigenvalue weighted by atomic mass is 35.5. The molecule has 0 saturated heterocycles. The third-order valence-corrected chi connectivity index (χ3v) is 6.53. The Balaban J connectivity index is 1.72. The molecule has 0 fully saturated rings. The second-order valence-corrected chi connectivity index (χ2v) is 8.10. The molecule has 0 spiro atoms. The minimum Gasteiger partial charge on any atom is -0.487 e. The third-order valence-electron chi connectivity index (χ3n) is 3.85. The lowest BCUT2D eigenvalue weighted by molar-refractivity contribution is 0.369. The van der Waals surface area contributed by atoms with Crippen LogP contribution in [0.25, 0.3) is 15.7 Å². The predicted molar refractivity (Wildman–Crippen MR) is 104 cm³/mol. The number of rotatable bonds is 3. The maximum absolute atomic E-state index is 12.9. The molecule has 0 N–H and O–H groups in total. The molecule has 2 heterocycles. The Morgan fingerprint density at radius 3 is 2.75 bits per heavy atom. The van der Waals surface area contributed by atoms with E-state index in [1.54, 1.807) is 29.2 Å². The highest BCUT2D eigenvalue weighted by Crippen LogP contribution is 2.38. The Hall–Kier alpha value is -1.75. The van der Waals surface area contributed by atoms with Crippen LogP contribution in [0.3, 0.4) is 0 Å². The summed E-state index contributed by atoms with van der Waals surface area (Å²) < 4.78 is 7.95. The average Bonchev–Trinajstić information content (AvgIpc) is 2.61. The van der Waals surface area contributed by atoms with Gasteiger partial charge in [-0.1, -0.05) is 41.9 Å². The number of para-hydroxylation sites is 1. The lowest BCUT2D eigenvalue weighted by atomic mass is 10.1. The van der Waals surface area contributed by atoms with Crippen LogP contribution in [0.15, 0.2) is 63.6 Å². The van der Waals surface area contributed by atoms with Crippen molar-refractivity contribution >= 4 is 50.4 Å². The van der Waals surface area contributed by atoms with Crippen molar-refractivity contribution in [2.45, 2.75) is 4.21 Å². The van der Waals surface area contributed by atoms with Gasteiger partial charge in [0.05, 0.1) is 14.8 Å². The normalized spacial score (nSPS) is 13.5. The van der Waals surface area contributed by atoms with E-state index in [1.807, 2.05) is 42.5 Å². The maximum atomic E-state index is 12.9. The van der Waals surface area contributed by atoms with Gasteiger partial charge >= 0.3 is 0 Å². The molecule has 0 unspecified atom stereocenters.